The minimum absolute atomic E-state index is 0. The first-order chi connectivity index (χ1) is 3.72. The average Bonchev–Trinajstić information content (AvgIpc) is 1.69. The SMILES string of the molecule is CCN(CC)C(C)O.[Li]. The fourth-order valence-corrected chi connectivity index (χ4v) is 0.752. The molecule has 0 aromatic rings. The normalized spacial score (nSPS) is 13.0. The van der Waals surface area contributed by atoms with Gasteiger partial charge in [0, 0.05) is 18.9 Å². The fourth-order valence-electron chi connectivity index (χ4n) is 0.752. The summed E-state index contributed by atoms with van der Waals surface area (Å²) in [5, 5.41) is 8.94. The molecule has 1 radical (unpaired) electrons. The van der Waals surface area contributed by atoms with Crippen molar-refractivity contribution in [2.45, 2.75) is 27.0 Å². The van der Waals surface area contributed by atoms with Crippen LogP contribution in [0.2, 0.25) is 0 Å². The van der Waals surface area contributed by atoms with Crippen molar-refractivity contribution in [3.8, 4) is 0 Å². The Morgan fingerprint density at radius 3 is 1.67 bits per heavy atom. The van der Waals surface area contributed by atoms with Crippen molar-refractivity contribution in [3.05, 3.63) is 0 Å². The molecule has 3 heteroatoms. The Kier molecular flexibility index (Phi) is 9.01. The second kappa shape index (κ2) is 6.63. The van der Waals surface area contributed by atoms with Crippen LogP contribution in [0.3, 0.4) is 0 Å². The van der Waals surface area contributed by atoms with Gasteiger partial charge in [0.05, 0.1) is 0 Å². The van der Waals surface area contributed by atoms with Crippen LogP contribution < -0.4 is 0 Å². The number of aliphatic hydroxyl groups is 1. The van der Waals surface area contributed by atoms with E-state index in [-0.39, 0.29) is 25.1 Å². The summed E-state index contributed by atoms with van der Waals surface area (Å²) in [4.78, 5) is 1.97. The Hall–Kier alpha value is 0.517. The molecule has 0 heterocycles. The largest absolute Gasteiger partial charge is 0.379 e. The minimum Gasteiger partial charge on any atom is -0.379 e. The first-order valence-corrected chi connectivity index (χ1v) is 3.14. The number of rotatable bonds is 3. The minimum atomic E-state index is -0.287. The molecule has 0 spiro atoms. The van der Waals surface area contributed by atoms with Gasteiger partial charge in [0.15, 0.2) is 0 Å². The molecule has 1 N–H and O–H groups in total. The third kappa shape index (κ3) is 4.99. The molecule has 0 aliphatic heterocycles. The van der Waals surface area contributed by atoms with Crippen LogP contribution in [0.4, 0.5) is 0 Å². The van der Waals surface area contributed by atoms with E-state index in [0.29, 0.717) is 0 Å². The van der Waals surface area contributed by atoms with Gasteiger partial charge >= 0.3 is 0 Å². The van der Waals surface area contributed by atoms with E-state index in [1.165, 1.54) is 0 Å². The summed E-state index contributed by atoms with van der Waals surface area (Å²) in [6.45, 7) is 7.71. The summed E-state index contributed by atoms with van der Waals surface area (Å²) >= 11 is 0. The van der Waals surface area contributed by atoms with Crippen LogP contribution in [0.25, 0.3) is 0 Å². The summed E-state index contributed by atoms with van der Waals surface area (Å²) in [5.41, 5.74) is 0. The van der Waals surface area contributed by atoms with Gasteiger partial charge in [0.2, 0.25) is 0 Å². The first kappa shape index (κ1) is 12.2. The van der Waals surface area contributed by atoms with E-state index in [1.807, 2.05) is 18.7 Å². The Balaban J connectivity index is 0. The predicted molar refractivity (Wildman–Crippen MR) is 40.4 cm³/mol. The van der Waals surface area contributed by atoms with Crippen molar-refractivity contribution in [1.29, 1.82) is 0 Å². The molecular formula is C6H15LiNO. The molecule has 0 aromatic carbocycles. The molecule has 9 heavy (non-hydrogen) atoms. The Labute approximate surface area is 69.4 Å². The van der Waals surface area contributed by atoms with Crippen molar-refractivity contribution >= 4 is 18.9 Å². The number of aliphatic hydroxyl groups excluding tert-OH is 1. The molecule has 0 aromatic heterocycles. The molecular weight excluding hydrogens is 109 g/mol. The van der Waals surface area contributed by atoms with E-state index < -0.39 is 0 Å². The smallest absolute Gasteiger partial charge is 0.104 e. The maximum absolute atomic E-state index is 8.94. The van der Waals surface area contributed by atoms with Gasteiger partial charge < -0.3 is 5.11 Å². The van der Waals surface area contributed by atoms with Gasteiger partial charge in [-0.2, -0.15) is 0 Å². The quantitative estimate of drug-likeness (QED) is 0.431. The van der Waals surface area contributed by atoms with E-state index >= 15 is 0 Å². The van der Waals surface area contributed by atoms with Gasteiger partial charge in [0.25, 0.3) is 0 Å². The molecule has 0 amide bonds. The third-order valence-electron chi connectivity index (χ3n) is 1.34. The van der Waals surface area contributed by atoms with Crippen molar-refractivity contribution < 1.29 is 5.11 Å². The second-order valence-corrected chi connectivity index (χ2v) is 1.85. The summed E-state index contributed by atoms with van der Waals surface area (Å²) in [5.74, 6) is 0. The van der Waals surface area contributed by atoms with Gasteiger partial charge in [-0.05, 0) is 20.0 Å². The molecule has 0 fully saturated rings. The average molecular weight is 124 g/mol. The van der Waals surface area contributed by atoms with Crippen LogP contribution in [0, 0.1) is 0 Å². The molecule has 0 aliphatic carbocycles. The number of hydrogen-bond acceptors (Lipinski definition) is 2. The number of hydrogen-bond donors (Lipinski definition) is 1. The topological polar surface area (TPSA) is 23.5 Å². The van der Waals surface area contributed by atoms with Crippen LogP contribution in [-0.4, -0.2) is 48.2 Å². The molecule has 0 saturated heterocycles. The molecule has 0 saturated carbocycles. The van der Waals surface area contributed by atoms with E-state index in [1.54, 1.807) is 6.92 Å². The van der Waals surface area contributed by atoms with E-state index in [2.05, 4.69) is 0 Å². The zero-order valence-corrected chi connectivity index (χ0v) is 6.89. The van der Waals surface area contributed by atoms with Gasteiger partial charge in [-0.1, -0.05) is 13.8 Å². The maximum Gasteiger partial charge on any atom is 0.104 e. The monoisotopic (exact) mass is 124 g/mol. The molecule has 1 unspecified atom stereocenters. The predicted octanol–water partition coefficient (Wildman–Crippen LogP) is 0.286. The van der Waals surface area contributed by atoms with Gasteiger partial charge in [-0.25, -0.2) is 0 Å². The molecule has 51 valence electrons. The molecule has 0 bridgehead atoms. The van der Waals surface area contributed by atoms with Crippen LogP contribution in [0.15, 0.2) is 0 Å². The van der Waals surface area contributed by atoms with E-state index in [4.69, 9.17) is 5.11 Å². The van der Waals surface area contributed by atoms with Gasteiger partial charge in [-0.15, -0.1) is 0 Å². The van der Waals surface area contributed by atoms with Crippen molar-refractivity contribution in [1.82, 2.24) is 4.90 Å². The van der Waals surface area contributed by atoms with E-state index in [0.717, 1.165) is 13.1 Å². The molecule has 2 nitrogen and oxygen atoms in total. The van der Waals surface area contributed by atoms with Crippen LogP contribution in [0.5, 0.6) is 0 Å². The Morgan fingerprint density at radius 1 is 1.33 bits per heavy atom. The molecule has 1 atom stereocenters. The van der Waals surface area contributed by atoms with Gasteiger partial charge in [0.1, 0.15) is 6.23 Å². The van der Waals surface area contributed by atoms with Crippen molar-refractivity contribution in [2.24, 2.45) is 0 Å². The van der Waals surface area contributed by atoms with Crippen LogP contribution in [0.1, 0.15) is 20.8 Å². The Morgan fingerprint density at radius 2 is 1.67 bits per heavy atom. The zero-order valence-electron chi connectivity index (χ0n) is 6.89. The summed E-state index contributed by atoms with van der Waals surface area (Å²) < 4.78 is 0. The van der Waals surface area contributed by atoms with Crippen molar-refractivity contribution in [3.63, 3.8) is 0 Å². The Bertz CT molecular complexity index is 55.0. The second-order valence-electron chi connectivity index (χ2n) is 1.85. The van der Waals surface area contributed by atoms with Gasteiger partial charge in [-0.3, -0.25) is 4.90 Å². The number of nitrogens with zero attached hydrogens (tertiary/aromatic N) is 1. The summed E-state index contributed by atoms with van der Waals surface area (Å²) in [6.07, 6.45) is -0.287. The van der Waals surface area contributed by atoms with E-state index in [9.17, 15) is 0 Å². The molecule has 0 rings (SSSR count). The van der Waals surface area contributed by atoms with Crippen molar-refractivity contribution in [2.75, 3.05) is 13.1 Å². The summed E-state index contributed by atoms with van der Waals surface area (Å²) in [7, 11) is 0. The summed E-state index contributed by atoms with van der Waals surface area (Å²) in [6, 6.07) is 0. The van der Waals surface area contributed by atoms with Crippen LogP contribution in [-0.2, 0) is 0 Å². The third-order valence-corrected chi connectivity index (χ3v) is 1.34. The fraction of sp³-hybridized carbons (Fsp3) is 1.00. The standard InChI is InChI=1S/C6H15NO.Li/c1-4-7(5-2)6(3)8;/h6,8H,4-5H2,1-3H3;. The maximum atomic E-state index is 8.94. The first-order valence-electron chi connectivity index (χ1n) is 3.14. The van der Waals surface area contributed by atoms with Crippen LogP contribution >= 0.6 is 0 Å². The molecule has 0 aliphatic rings. The zero-order chi connectivity index (χ0) is 6.57.